The van der Waals surface area contributed by atoms with Crippen LogP contribution in [0.2, 0.25) is 0 Å². The van der Waals surface area contributed by atoms with Crippen molar-refractivity contribution in [2.75, 3.05) is 38.5 Å². The van der Waals surface area contributed by atoms with Gasteiger partial charge in [-0.2, -0.15) is 0 Å². The monoisotopic (exact) mass is 314 g/mol. The van der Waals surface area contributed by atoms with Crippen LogP contribution in [0.5, 0.6) is 0 Å². The molecule has 1 aliphatic carbocycles. The van der Waals surface area contributed by atoms with Crippen LogP contribution in [-0.2, 0) is 0 Å². The fraction of sp³-hybridized carbons (Fsp3) is 0.389. The number of halogens is 1. The minimum absolute atomic E-state index is 0.185. The second kappa shape index (κ2) is 6.96. The van der Waals surface area contributed by atoms with E-state index in [9.17, 15) is 4.39 Å². The first kappa shape index (κ1) is 15.7. The summed E-state index contributed by atoms with van der Waals surface area (Å²) in [6.45, 7) is 3.85. The molecule has 5 heteroatoms. The van der Waals surface area contributed by atoms with Crippen molar-refractivity contribution in [2.45, 2.75) is 12.5 Å². The van der Waals surface area contributed by atoms with Gasteiger partial charge in [-0.15, -0.1) is 0 Å². The Balaban J connectivity index is 1.55. The van der Waals surface area contributed by atoms with Gasteiger partial charge in [0.05, 0.1) is 0 Å². The maximum atomic E-state index is 12.9. The molecule has 0 amide bonds. The molecule has 1 unspecified atom stereocenters. The second-order valence-corrected chi connectivity index (χ2v) is 6.15. The highest BCUT2D eigenvalue weighted by molar-refractivity contribution is 5.98. The van der Waals surface area contributed by atoms with E-state index in [2.05, 4.69) is 34.3 Å². The van der Waals surface area contributed by atoms with Crippen LogP contribution >= 0.6 is 0 Å². The summed E-state index contributed by atoms with van der Waals surface area (Å²) >= 11 is 0. The molecule has 4 nitrogen and oxygen atoms in total. The molecule has 0 bridgehead atoms. The largest absolute Gasteiger partial charge is 0.379 e. The van der Waals surface area contributed by atoms with Gasteiger partial charge >= 0.3 is 0 Å². The summed E-state index contributed by atoms with van der Waals surface area (Å²) in [4.78, 5) is 4.43. The zero-order valence-corrected chi connectivity index (χ0v) is 13.4. The Hall–Kier alpha value is -2.14. The molecule has 1 atom stereocenters. The van der Waals surface area contributed by atoms with E-state index < -0.39 is 0 Å². The smallest absolute Gasteiger partial charge is 0.127 e. The Morgan fingerprint density at radius 2 is 1.87 bits per heavy atom. The van der Waals surface area contributed by atoms with Crippen molar-refractivity contribution in [3.63, 3.8) is 0 Å². The predicted molar refractivity (Wildman–Crippen MR) is 92.4 cm³/mol. The maximum absolute atomic E-state index is 12.9. The van der Waals surface area contributed by atoms with Gasteiger partial charge in [0.25, 0.3) is 0 Å². The van der Waals surface area contributed by atoms with Crippen molar-refractivity contribution >= 4 is 11.5 Å². The second-order valence-electron chi connectivity index (χ2n) is 6.15. The molecule has 1 aromatic rings. The summed E-state index contributed by atoms with van der Waals surface area (Å²) in [5.74, 6) is 0.395. The van der Waals surface area contributed by atoms with Gasteiger partial charge in [-0.05, 0) is 37.7 Å². The van der Waals surface area contributed by atoms with Crippen LogP contribution in [-0.4, -0.2) is 54.9 Å². The fourth-order valence-corrected chi connectivity index (χ4v) is 2.88. The summed E-state index contributed by atoms with van der Waals surface area (Å²) in [6.07, 6.45) is 7.05. The average molecular weight is 314 g/mol. The Kier molecular flexibility index (Phi) is 4.76. The number of rotatable bonds is 3. The highest BCUT2D eigenvalue weighted by Gasteiger charge is 2.19. The van der Waals surface area contributed by atoms with E-state index in [0.717, 1.165) is 43.9 Å². The van der Waals surface area contributed by atoms with Crippen molar-refractivity contribution in [2.24, 2.45) is 0 Å². The quantitative estimate of drug-likeness (QED) is 0.666. The summed E-state index contributed by atoms with van der Waals surface area (Å²) in [7, 11) is 2.12. The van der Waals surface area contributed by atoms with Crippen LogP contribution in [0.3, 0.4) is 0 Å². The summed E-state index contributed by atoms with van der Waals surface area (Å²) < 4.78 is 12.9. The molecule has 2 aliphatic rings. The highest BCUT2D eigenvalue weighted by Crippen LogP contribution is 2.18. The molecule has 1 aromatic carbocycles. The third-order valence-corrected chi connectivity index (χ3v) is 4.39. The van der Waals surface area contributed by atoms with Crippen LogP contribution in [0, 0.1) is 11.2 Å². The van der Waals surface area contributed by atoms with Crippen LogP contribution in [0.4, 0.5) is 10.1 Å². The van der Waals surface area contributed by atoms with Gasteiger partial charge in [0.15, 0.2) is 0 Å². The molecule has 23 heavy (non-hydrogen) atoms. The van der Waals surface area contributed by atoms with Crippen molar-refractivity contribution in [3.8, 4) is 0 Å². The Morgan fingerprint density at radius 1 is 1.17 bits per heavy atom. The molecule has 0 aromatic heterocycles. The van der Waals surface area contributed by atoms with Crippen LogP contribution in [0.15, 0.2) is 48.1 Å². The zero-order valence-electron chi connectivity index (χ0n) is 13.4. The lowest BCUT2D eigenvalue weighted by Crippen LogP contribution is -2.47. The maximum Gasteiger partial charge on any atom is 0.127 e. The lowest BCUT2D eigenvalue weighted by molar-refractivity contribution is 0.215. The Bertz CT molecular complexity index is 612. The number of hydrogen-bond acceptors (Lipinski definition) is 3. The number of piperazine rings is 1. The highest BCUT2D eigenvalue weighted by atomic mass is 19.1. The van der Waals surface area contributed by atoms with Gasteiger partial charge < -0.3 is 15.1 Å². The number of nitrogens with one attached hydrogen (secondary N) is 2. The molecule has 0 saturated carbocycles. The molecule has 1 fully saturated rings. The van der Waals surface area contributed by atoms with E-state index in [1.165, 1.54) is 12.1 Å². The van der Waals surface area contributed by atoms with Crippen LogP contribution in [0.25, 0.3) is 0 Å². The minimum Gasteiger partial charge on any atom is -0.379 e. The molecule has 2 N–H and O–H groups in total. The minimum atomic E-state index is -0.224. The van der Waals surface area contributed by atoms with E-state index in [1.54, 1.807) is 12.1 Å². The molecule has 0 radical (unpaired) electrons. The summed E-state index contributed by atoms with van der Waals surface area (Å²) in [5.41, 5.74) is 1.90. The Labute approximate surface area is 136 Å². The van der Waals surface area contributed by atoms with Crippen LogP contribution in [0.1, 0.15) is 6.42 Å². The van der Waals surface area contributed by atoms with Crippen molar-refractivity contribution in [1.29, 1.82) is 5.41 Å². The first-order valence-corrected chi connectivity index (χ1v) is 8.05. The first-order chi connectivity index (χ1) is 11.1. The standard InChI is InChI=1S/C18H23FN4/c1-22-10-12-23(13-11-22)18(20)14-2-6-16(7-3-14)21-17-8-4-15(19)5-9-17/h2-6,8-9,16,20-21H,7,10-13H2,1H3. The van der Waals surface area contributed by atoms with E-state index in [4.69, 9.17) is 5.41 Å². The SMILES string of the molecule is CN1CCN(C(=N)C2=CCC(Nc3ccc(F)cc3)C=C2)CC1. The van der Waals surface area contributed by atoms with E-state index in [1.807, 2.05) is 6.08 Å². The average Bonchev–Trinajstić information content (AvgIpc) is 2.58. The third-order valence-electron chi connectivity index (χ3n) is 4.39. The molecule has 3 rings (SSSR count). The van der Waals surface area contributed by atoms with E-state index in [0.29, 0.717) is 5.84 Å². The molecule has 1 saturated heterocycles. The fourth-order valence-electron chi connectivity index (χ4n) is 2.88. The van der Waals surface area contributed by atoms with E-state index in [-0.39, 0.29) is 11.9 Å². The summed E-state index contributed by atoms with van der Waals surface area (Å²) in [6, 6.07) is 6.59. The molecular formula is C18H23FN4. The van der Waals surface area contributed by atoms with Gasteiger partial charge in [-0.25, -0.2) is 4.39 Å². The van der Waals surface area contributed by atoms with Gasteiger partial charge in [0, 0.05) is 43.5 Å². The number of amidine groups is 1. The number of hydrogen-bond donors (Lipinski definition) is 2. The molecular weight excluding hydrogens is 291 g/mol. The molecule has 122 valence electrons. The molecule has 1 heterocycles. The number of nitrogens with zero attached hydrogens (tertiary/aromatic N) is 2. The zero-order chi connectivity index (χ0) is 16.2. The van der Waals surface area contributed by atoms with Gasteiger partial charge in [0.1, 0.15) is 11.7 Å². The van der Waals surface area contributed by atoms with Crippen molar-refractivity contribution in [1.82, 2.24) is 9.80 Å². The predicted octanol–water partition coefficient (Wildman–Crippen LogP) is 2.72. The number of benzene rings is 1. The van der Waals surface area contributed by atoms with E-state index >= 15 is 0 Å². The lowest BCUT2D eigenvalue weighted by atomic mass is 10.0. The van der Waals surface area contributed by atoms with Gasteiger partial charge in [-0.3, -0.25) is 5.41 Å². The third kappa shape index (κ3) is 3.99. The van der Waals surface area contributed by atoms with Crippen molar-refractivity contribution < 1.29 is 4.39 Å². The van der Waals surface area contributed by atoms with Crippen LogP contribution < -0.4 is 5.32 Å². The topological polar surface area (TPSA) is 42.4 Å². The summed E-state index contributed by atoms with van der Waals surface area (Å²) in [5, 5.41) is 11.7. The molecule has 0 spiro atoms. The van der Waals surface area contributed by atoms with Crippen molar-refractivity contribution in [3.05, 3.63) is 53.9 Å². The van der Waals surface area contributed by atoms with Gasteiger partial charge in [0.2, 0.25) is 0 Å². The Morgan fingerprint density at radius 3 is 2.48 bits per heavy atom. The first-order valence-electron chi connectivity index (χ1n) is 8.05. The lowest BCUT2D eigenvalue weighted by Gasteiger charge is -2.34. The number of anilines is 1. The molecule has 1 aliphatic heterocycles. The van der Waals surface area contributed by atoms with Gasteiger partial charge in [-0.1, -0.05) is 18.2 Å². The number of likely N-dealkylation sites (N-methyl/N-ethyl adjacent to an activating group) is 1. The normalized spacial score (nSPS) is 21.9.